The first-order valence-electron chi connectivity index (χ1n) is 7.18. The smallest absolute Gasteiger partial charge is 0.326 e. The first kappa shape index (κ1) is 18.4. The largest absolute Gasteiger partial charge is 0.483 e. The van der Waals surface area contributed by atoms with Crippen LogP contribution in [-0.4, -0.2) is 41.6 Å². The lowest BCUT2D eigenvalue weighted by molar-refractivity contribution is -0.142. The number of carboxylic acids is 1. The first-order chi connectivity index (χ1) is 10.5. The van der Waals surface area contributed by atoms with Gasteiger partial charge < -0.3 is 15.2 Å². The van der Waals surface area contributed by atoms with Crippen LogP contribution in [0.4, 0.5) is 0 Å². The van der Waals surface area contributed by atoms with Crippen LogP contribution in [-0.2, 0) is 9.59 Å². The average Bonchev–Trinajstić information content (AvgIpc) is 2.49. The second-order valence-corrected chi connectivity index (χ2v) is 6.21. The molecule has 6 heteroatoms. The number of carbonyl (C=O) groups is 2. The molecule has 2 N–H and O–H groups in total. The summed E-state index contributed by atoms with van der Waals surface area (Å²) in [5.74, 6) is 0.169. The summed E-state index contributed by atoms with van der Waals surface area (Å²) in [6.45, 7) is 3.91. The number of nitrogens with one attached hydrogen (secondary N) is 1. The Labute approximate surface area is 135 Å². The number of aliphatic carboxylic acids is 1. The van der Waals surface area contributed by atoms with Crippen molar-refractivity contribution in [2.45, 2.75) is 32.2 Å². The van der Waals surface area contributed by atoms with Crippen molar-refractivity contribution < 1.29 is 19.4 Å². The number of ether oxygens (including phenoxy) is 1. The van der Waals surface area contributed by atoms with Crippen molar-refractivity contribution in [3.05, 3.63) is 29.8 Å². The fraction of sp³-hybridized carbons (Fsp3) is 0.500. The van der Waals surface area contributed by atoms with Gasteiger partial charge in [0.05, 0.1) is 0 Å². The van der Waals surface area contributed by atoms with Gasteiger partial charge in [-0.15, -0.1) is 0 Å². The van der Waals surface area contributed by atoms with Crippen LogP contribution in [0.25, 0.3) is 0 Å². The zero-order chi connectivity index (χ0) is 16.5. The second-order valence-electron chi connectivity index (χ2n) is 5.22. The Bertz CT molecular complexity index is 505. The Morgan fingerprint density at radius 2 is 2.00 bits per heavy atom. The van der Waals surface area contributed by atoms with E-state index >= 15 is 0 Å². The normalized spacial score (nSPS) is 12.0. The number of hydrogen-bond donors (Lipinski definition) is 2. The molecule has 1 atom stereocenters. The number of thioether (sulfide) groups is 1. The van der Waals surface area contributed by atoms with E-state index in [-0.39, 0.29) is 12.5 Å². The van der Waals surface area contributed by atoms with Crippen molar-refractivity contribution >= 4 is 23.6 Å². The molecule has 0 aliphatic heterocycles. The van der Waals surface area contributed by atoms with Gasteiger partial charge in [-0.3, -0.25) is 4.79 Å². The summed E-state index contributed by atoms with van der Waals surface area (Å²) in [7, 11) is 0. The zero-order valence-corrected chi connectivity index (χ0v) is 14.0. The third-order valence-corrected chi connectivity index (χ3v) is 3.79. The van der Waals surface area contributed by atoms with E-state index in [0.717, 1.165) is 5.56 Å². The van der Waals surface area contributed by atoms with E-state index in [9.17, 15) is 9.59 Å². The SMILES string of the molecule is CSCCC(NC(=O)COc1ccccc1C(C)C)C(=O)O. The number of carbonyl (C=O) groups excluding carboxylic acids is 1. The van der Waals surface area contributed by atoms with E-state index < -0.39 is 17.9 Å². The summed E-state index contributed by atoms with van der Waals surface area (Å²) in [6.07, 6.45) is 2.29. The zero-order valence-electron chi connectivity index (χ0n) is 13.2. The van der Waals surface area contributed by atoms with E-state index in [4.69, 9.17) is 9.84 Å². The standard InChI is InChI=1S/C16H23NO4S/c1-11(2)12-6-4-5-7-14(12)21-10-15(18)17-13(16(19)20)8-9-22-3/h4-7,11,13H,8-10H2,1-3H3,(H,17,18)(H,19,20). The molecule has 1 aromatic rings. The summed E-state index contributed by atoms with van der Waals surface area (Å²) in [6, 6.07) is 6.66. The third-order valence-electron chi connectivity index (χ3n) is 3.14. The van der Waals surface area contributed by atoms with Gasteiger partial charge in [0, 0.05) is 0 Å². The van der Waals surface area contributed by atoms with Crippen molar-refractivity contribution in [1.29, 1.82) is 0 Å². The van der Waals surface area contributed by atoms with Gasteiger partial charge in [-0.1, -0.05) is 32.0 Å². The third kappa shape index (κ3) is 5.97. The maximum absolute atomic E-state index is 11.9. The molecule has 0 bridgehead atoms. The molecule has 1 rings (SSSR count). The number of carboxylic acid groups (broad SMARTS) is 1. The molecule has 1 amide bonds. The molecule has 1 aromatic carbocycles. The van der Waals surface area contributed by atoms with Gasteiger partial charge in [0.15, 0.2) is 6.61 Å². The van der Waals surface area contributed by atoms with Crippen molar-refractivity contribution in [3.8, 4) is 5.75 Å². The molecular formula is C16H23NO4S. The van der Waals surface area contributed by atoms with Gasteiger partial charge >= 0.3 is 5.97 Å². The lowest BCUT2D eigenvalue weighted by atomic mass is 10.0. The highest BCUT2D eigenvalue weighted by Gasteiger charge is 2.19. The number of benzene rings is 1. The van der Waals surface area contributed by atoms with Gasteiger partial charge in [-0.25, -0.2) is 4.79 Å². The molecule has 0 fully saturated rings. The van der Waals surface area contributed by atoms with Crippen LogP contribution in [0.15, 0.2) is 24.3 Å². The van der Waals surface area contributed by atoms with Gasteiger partial charge in [0.2, 0.25) is 0 Å². The van der Waals surface area contributed by atoms with Crippen LogP contribution in [0, 0.1) is 0 Å². The minimum Gasteiger partial charge on any atom is -0.483 e. The summed E-state index contributed by atoms with van der Waals surface area (Å²) >= 11 is 1.54. The molecule has 0 aromatic heterocycles. The van der Waals surface area contributed by atoms with Crippen LogP contribution in [0.3, 0.4) is 0 Å². The number of amides is 1. The number of rotatable bonds is 9. The van der Waals surface area contributed by atoms with Crippen molar-refractivity contribution in [2.75, 3.05) is 18.6 Å². The second kappa shape index (κ2) is 9.35. The fourth-order valence-corrected chi connectivity index (χ4v) is 2.43. The Balaban J connectivity index is 2.57. The molecule has 1 unspecified atom stereocenters. The molecule has 5 nitrogen and oxygen atoms in total. The van der Waals surface area contributed by atoms with Crippen LogP contribution < -0.4 is 10.1 Å². The summed E-state index contributed by atoms with van der Waals surface area (Å²) < 4.78 is 5.54. The first-order valence-corrected chi connectivity index (χ1v) is 8.58. The Hall–Kier alpha value is -1.69. The molecule has 0 aliphatic rings. The predicted octanol–water partition coefficient (Wildman–Crippen LogP) is 2.51. The molecule has 122 valence electrons. The van der Waals surface area contributed by atoms with Crippen LogP contribution >= 0.6 is 11.8 Å². The van der Waals surface area contributed by atoms with Crippen LogP contribution in [0.1, 0.15) is 31.7 Å². The number of para-hydroxylation sites is 1. The van der Waals surface area contributed by atoms with Crippen LogP contribution in [0.5, 0.6) is 5.75 Å². The Morgan fingerprint density at radius 3 is 2.59 bits per heavy atom. The highest BCUT2D eigenvalue weighted by Crippen LogP contribution is 2.25. The van der Waals surface area contributed by atoms with E-state index in [2.05, 4.69) is 5.32 Å². The Kier molecular flexibility index (Phi) is 7.80. The maximum Gasteiger partial charge on any atom is 0.326 e. The van der Waals surface area contributed by atoms with Gasteiger partial charge in [0.1, 0.15) is 11.8 Å². The maximum atomic E-state index is 11.9. The fourth-order valence-electron chi connectivity index (χ4n) is 1.96. The van der Waals surface area contributed by atoms with E-state index in [0.29, 0.717) is 17.9 Å². The molecule has 0 radical (unpaired) electrons. The summed E-state index contributed by atoms with van der Waals surface area (Å²) in [5.41, 5.74) is 1.02. The summed E-state index contributed by atoms with van der Waals surface area (Å²) in [4.78, 5) is 23.0. The molecule has 0 aliphatic carbocycles. The monoisotopic (exact) mass is 325 g/mol. The lowest BCUT2D eigenvalue weighted by Gasteiger charge is -2.16. The van der Waals surface area contributed by atoms with Crippen molar-refractivity contribution in [1.82, 2.24) is 5.32 Å². The van der Waals surface area contributed by atoms with Crippen molar-refractivity contribution in [2.24, 2.45) is 0 Å². The summed E-state index contributed by atoms with van der Waals surface area (Å²) in [5, 5.41) is 11.6. The quantitative estimate of drug-likeness (QED) is 0.729. The Morgan fingerprint density at radius 1 is 1.32 bits per heavy atom. The molecule has 0 heterocycles. The molecule has 0 saturated heterocycles. The van der Waals surface area contributed by atoms with E-state index in [1.807, 2.05) is 44.4 Å². The molecule has 0 spiro atoms. The minimum atomic E-state index is -1.02. The number of hydrogen-bond acceptors (Lipinski definition) is 4. The lowest BCUT2D eigenvalue weighted by Crippen LogP contribution is -2.43. The average molecular weight is 325 g/mol. The highest BCUT2D eigenvalue weighted by molar-refractivity contribution is 7.98. The van der Waals surface area contributed by atoms with Gasteiger partial charge in [-0.05, 0) is 36.0 Å². The van der Waals surface area contributed by atoms with Crippen LogP contribution in [0.2, 0.25) is 0 Å². The molecular weight excluding hydrogens is 302 g/mol. The topological polar surface area (TPSA) is 75.6 Å². The molecule has 0 saturated carbocycles. The van der Waals surface area contributed by atoms with E-state index in [1.54, 1.807) is 11.8 Å². The van der Waals surface area contributed by atoms with E-state index in [1.165, 1.54) is 0 Å². The van der Waals surface area contributed by atoms with Gasteiger partial charge in [-0.2, -0.15) is 11.8 Å². The molecule has 22 heavy (non-hydrogen) atoms. The predicted molar refractivity (Wildman–Crippen MR) is 88.6 cm³/mol. The van der Waals surface area contributed by atoms with Crippen molar-refractivity contribution in [3.63, 3.8) is 0 Å². The van der Waals surface area contributed by atoms with Gasteiger partial charge in [0.25, 0.3) is 5.91 Å². The highest BCUT2D eigenvalue weighted by atomic mass is 32.2. The minimum absolute atomic E-state index is 0.188.